The van der Waals surface area contributed by atoms with E-state index < -0.39 is 0 Å². The normalized spacial score (nSPS) is 10.0. The summed E-state index contributed by atoms with van der Waals surface area (Å²) in [5.41, 5.74) is 6.94. The Hall–Kier alpha value is -2.21. The number of nitrogens with two attached hydrogens (primary N) is 1. The molecule has 1 amide bonds. The molecule has 0 fully saturated rings. The fourth-order valence-corrected chi connectivity index (χ4v) is 2.18. The number of nitrogens with one attached hydrogen (secondary N) is 1. The molecule has 0 atom stereocenters. The molecule has 2 aromatic carbocycles. The molecule has 0 unspecified atom stereocenters. The number of hydrogen-bond donors (Lipinski definition) is 2. The standard InChI is InChI=1S/C15H15BrN2O3/c1-20-13-4-2-12(3-5-13)18-15(19)9-21-14-7-10(16)6-11(17)8-14/h2-8H,9,17H2,1H3,(H,18,19). The molecule has 2 aromatic rings. The van der Waals surface area contributed by atoms with Gasteiger partial charge in [-0.3, -0.25) is 4.79 Å². The minimum atomic E-state index is -0.251. The Bertz CT molecular complexity index is 609. The van der Waals surface area contributed by atoms with Gasteiger partial charge >= 0.3 is 0 Å². The largest absolute Gasteiger partial charge is 0.497 e. The summed E-state index contributed by atoms with van der Waals surface area (Å²) >= 11 is 3.31. The summed E-state index contributed by atoms with van der Waals surface area (Å²) in [4.78, 5) is 11.8. The number of amides is 1. The minimum Gasteiger partial charge on any atom is -0.497 e. The van der Waals surface area contributed by atoms with E-state index in [1.165, 1.54) is 0 Å². The van der Waals surface area contributed by atoms with Crippen LogP contribution in [-0.2, 0) is 4.79 Å². The zero-order valence-electron chi connectivity index (χ0n) is 11.4. The molecule has 0 saturated carbocycles. The zero-order valence-corrected chi connectivity index (χ0v) is 13.0. The lowest BCUT2D eigenvalue weighted by Gasteiger charge is -2.09. The van der Waals surface area contributed by atoms with E-state index in [2.05, 4.69) is 21.2 Å². The predicted molar refractivity (Wildman–Crippen MR) is 85.7 cm³/mol. The number of carbonyl (C=O) groups excluding carboxylic acids is 1. The van der Waals surface area contributed by atoms with Crippen LogP contribution < -0.4 is 20.5 Å². The van der Waals surface area contributed by atoms with Gasteiger partial charge in [-0.05, 0) is 36.4 Å². The van der Waals surface area contributed by atoms with Crippen LogP contribution in [0.2, 0.25) is 0 Å². The molecule has 110 valence electrons. The molecule has 2 rings (SSSR count). The third-order valence-corrected chi connectivity index (χ3v) is 3.10. The Balaban J connectivity index is 1.89. The Morgan fingerprint density at radius 1 is 1.19 bits per heavy atom. The summed E-state index contributed by atoms with van der Waals surface area (Å²) in [6.45, 7) is -0.0953. The van der Waals surface area contributed by atoms with Crippen molar-refractivity contribution in [3.63, 3.8) is 0 Å². The predicted octanol–water partition coefficient (Wildman–Crippen LogP) is 3.06. The number of nitrogen functional groups attached to an aromatic ring is 1. The SMILES string of the molecule is COc1ccc(NC(=O)COc2cc(N)cc(Br)c2)cc1. The van der Waals surface area contributed by atoms with Gasteiger partial charge in [-0.2, -0.15) is 0 Å². The fourth-order valence-electron chi connectivity index (χ4n) is 1.69. The monoisotopic (exact) mass is 350 g/mol. The van der Waals surface area contributed by atoms with E-state index in [-0.39, 0.29) is 12.5 Å². The van der Waals surface area contributed by atoms with Gasteiger partial charge in [0.05, 0.1) is 7.11 Å². The average molecular weight is 351 g/mol. The molecule has 0 bridgehead atoms. The van der Waals surface area contributed by atoms with Gasteiger partial charge in [-0.15, -0.1) is 0 Å². The Morgan fingerprint density at radius 2 is 1.90 bits per heavy atom. The summed E-state index contributed by atoms with van der Waals surface area (Å²) in [5, 5.41) is 2.73. The van der Waals surface area contributed by atoms with E-state index in [1.54, 1.807) is 49.6 Å². The summed E-state index contributed by atoms with van der Waals surface area (Å²) in [6.07, 6.45) is 0. The number of ether oxygens (including phenoxy) is 2. The second-order valence-electron chi connectivity index (χ2n) is 4.29. The van der Waals surface area contributed by atoms with Crippen molar-refractivity contribution in [3.8, 4) is 11.5 Å². The maximum Gasteiger partial charge on any atom is 0.262 e. The molecule has 0 aromatic heterocycles. The number of halogens is 1. The number of benzene rings is 2. The van der Waals surface area contributed by atoms with Gasteiger partial charge in [0.2, 0.25) is 0 Å². The van der Waals surface area contributed by atoms with E-state index in [1.807, 2.05) is 0 Å². The van der Waals surface area contributed by atoms with Gasteiger partial charge in [0.25, 0.3) is 5.91 Å². The van der Waals surface area contributed by atoms with Crippen LogP contribution in [-0.4, -0.2) is 19.6 Å². The molecule has 0 heterocycles. The van der Waals surface area contributed by atoms with Gasteiger partial charge in [-0.25, -0.2) is 0 Å². The highest BCUT2D eigenvalue weighted by Gasteiger charge is 2.05. The van der Waals surface area contributed by atoms with Crippen LogP contribution in [0.15, 0.2) is 46.9 Å². The first kappa shape index (κ1) is 15.2. The van der Waals surface area contributed by atoms with Crippen molar-refractivity contribution >= 4 is 33.2 Å². The first-order valence-electron chi connectivity index (χ1n) is 6.19. The number of anilines is 2. The van der Waals surface area contributed by atoms with Gasteiger partial charge in [0.15, 0.2) is 6.61 Å². The lowest BCUT2D eigenvalue weighted by molar-refractivity contribution is -0.118. The van der Waals surface area contributed by atoms with Crippen LogP contribution in [0.4, 0.5) is 11.4 Å². The number of methoxy groups -OCH3 is 1. The van der Waals surface area contributed by atoms with Crippen LogP contribution in [0.5, 0.6) is 11.5 Å². The van der Waals surface area contributed by atoms with Crippen molar-refractivity contribution in [2.45, 2.75) is 0 Å². The average Bonchev–Trinajstić information content (AvgIpc) is 2.45. The smallest absolute Gasteiger partial charge is 0.262 e. The Labute approximate surface area is 131 Å². The van der Waals surface area contributed by atoms with Crippen LogP contribution in [0, 0.1) is 0 Å². The Morgan fingerprint density at radius 3 is 2.52 bits per heavy atom. The maximum atomic E-state index is 11.8. The second kappa shape index (κ2) is 6.99. The highest BCUT2D eigenvalue weighted by molar-refractivity contribution is 9.10. The molecule has 0 saturated heterocycles. The highest BCUT2D eigenvalue weighted by atomic mass is 79.9. The summed E-state index contributed by atoms with van der Waals surface area (Å²) in [5.74, 6) is 1.01. The molecule has 21 heavy (non-hydrogen) atoms. The molecule has 5 nitrogen and oxygen atoms in total. The Kier molecular flexibility index (Phi) is 5.05. The molecule has 0 aliphatic heterocycles. The van der Waals surface area contributed by atoms with Crippen molar-refractivity contribution in [2.24, 2.45) is 0 Å². The first-order chi connectivity index (χ1) is 10.1. The molecule has 0 radical (unpaired) electrons. The van der Waals surface area contributed by atoms with Crippen LogP contribution in [0.1, 0.15) is 0 Å². The molecular weight excluding hydrogens is 336 g/mol. The van der Waals surface area contributed by atoms with Crippen molar-refractivity contribution in [1.82, 2.24) is 0 Å². The topological polar surface area (TPSA) is 73.6 Å². The molecule has 3 N–H and O–H groups in total. The molecule has 6 heteroatoms. The number of rotatable bonds is 5. The minimum absolute atomic E-state index is 0.0953. The van der Waals surface area contributed by atoms with Crippen molar-refractivity contribution in [2.75, 3.05) is 24.8 Å². The van der Waals surface area contributed by atoms with Crippen molar-refractivity contribution in [3.05, 3.63) is 46.9 Å². The van der Waals surface area contributed by atoms with Gasteiger partial charge in [0, 0.05) is 21.9 Å². The van der Waals surface area contributed by atoms with Crippen LogP contribution >= 0.6 is 15.9 Å². The van der Waals surface area contributed by atoms with Crippen molar-refractivity contribution in [1.29, 1.82) is 0 Å². The van der Waals surface area contributed by atoms with Crippen LogP contribution in [0.3, 0.4) is 0 Å². The van der Waals surface area contributed by atoms with E-state index in [4.69, 9.17) is 15.2 Å². The quantitative estimate of drug-likeness (QED) is 0.812. The lowest BCUT2D eigenvalue weighted by Crippen LogP contribution is -2.20. The van der Waals surface area contributed by atoms with Crippen molar-refractivity contribution < 1.29 is 14.3 Å². The number of hydrogen-bond acceptors (Lipinski definition) is 4. The van der Waals surface area contributed by atoms with E-state index in [0.717, 1.165) is 10.2 Å². The van der Waals surface area contributed by atoms with Crippen LogP contribution in [0.25, 0.3) is 0 Å². The molecular formula is C15H15BrN2O3. The van der Waals surface area contributed by atoms with Gasteiger partial charge < -0.3 is 20.5 Å². The van der Waals surface area contributed by atoms with E-state index >= 15 is 0 Å². The lowest BCUT2D eigenvalue weighted by atomic mass is 10.3. The highest BCUT2D eigenvalue weighted by Crippen LogP contribution is 2.22. The molecule has 0 spiro atoms. The fraction of sp³-hybridized carbons (Fsp3) is 0.133. The molecule has 0 aliphatic carbocycles. The van der Waals surface area contributed by atoms with Gasteiger partial charge in [-0.1, -0.05) is 15.9 Å². The maximum absolute atomic E-state index is 11.8. The van der Waals surface area contributed by atoms with E-state index in [0.29, 0.717) is 17.1 Å². The summed E-state index contributed by atoms with van der Waals surface area (Å²) < 4.78 is 11.2. The third-order valence-electron chi connectivity index (χ3n) is 2.64. The van der Waals surface area contributed by atoms with E-state index in [9.17, 15) is 4.79 Å². The third kappa shape index (κ3) is 4.68. The zero-order chi connectivity index (χ0) is 15.2. The van der Waals surface area contributed by atoms with Gasteiger partial charge in [0.1, 0.15) is 11.5 Å². The summed E-state index contributed by atoms with van der Waals surface area (Å²) in [7, 11) is 1.59. The number of carbonyl (C=O) groups is 1. The summed E-state index contributed by atoms with van der Waals surface area (Å²) in [6, 6.07) is 12.2. The second-order valence-corrected chi connectivity index (χ2v) is 5.20. The first-order valence-corrected chi connectivity index (χ1v) is 6.99. The molecule has 0 aliphatic rings.